The molecule has 0 aliphatic heterocycles. The second-order valence-electron chi connectivity index (χ2n) is 25.3. The van der Waals surface area contributed by atoms with E-state index in [1.54, 1.807) is 0 Å². The molecule has 2 heterocycles. The van der Waals surface area contributed by atoms with E-state index in [0.29, 0.717) is 11.8 Å². The number of rotatable bonds is 14. The number of para-hydroxylation sites is 4. The van der Waals surface area contributed by atoms with Crippen LogP contribution in [0.5, 0.6) is 0 Å². The van der Waals surface area contributed by atoms with Crippen LogP contribution in [0, 0.1) is 0 Å². The fourth-order valence-corrected chi connectivity index (χ4v) is 16.1. The molecular formula is C84H76N2O2. The zero-order valence-corrected chi connectivity index (χ0v) is 51.4. The van der Waals surface area contributed by atoms with Gasteiger partial charge in [0.15, 0.2) is 11.2 Å². The molecule has 12 aromatic carbocycles. The van der Waals surface area contributed by atoms with Crippen LogP contribution in [-0.2, 0) is 25.7 Å². The summed E-state index contributed by atoms with van der Waals surface area (Å²) < 4.78 is 15.0. The van der Waals surface area contributed by atoms with Gasteiger partial charge in [0, 0.05) is 54.8 Å². The van der Waals surface area contributed by atoms with Gasteiger partial charge in [-0.05, 0) is 178 Å². The van der Waals surface area contributed by atoms with Gasteiger partial charge in [-0.2, -0.15) is 0 Å². The molecule has 0 saturated heterocycles. The molecule has 2 aliphatic rings. The highest BCUT2D eigenvalue weighted by molar-refractivity contribution is 6.30. The van der Waals surface area contributed by atoms with Crippen molar-refractivity contribution >= 4 is 110 Å². The van der Waals surface area contributed by atoms with Crippen molar-refractivity contribution in [1.82, 2.24) is 0 Å². The predicted octanol–water partition coefficient (Wildman–Crippen LogP) is 25.0. The fraction of sp³-hybridized carbons (Fsp3) is 0.238. The van der Waals surface area contributed by atoms with E-state index in [1.807, 2.05) is 0 Å². The standard InChI is InChI=1S/C84H76N2O2/c1-5-53-25-19-33-59(49-53)85(75-43-23-41-69-67-39-21-37-65(81(67)87-83(69)75)61-35-17-15-27-55(61)7-3)77-51-73(57-29-11-9-12-30-57)63-46-48-72-78(52-74(58-31-13-10-14-32-58)64-45-47-71(77)79(63)80(64)72)86(60-34-20-26-54(6-2)50-60)76-44-24-42-70-68-40-22-38-66(82(68)88-84(70)76)62-36-18-16-28-56(62)8-4/h15-28,33-52,57-58H,5-14,29-32H2,1-4H3. The number of furan rings is 2. The summed E-state index contributed by atoms with van der Waals surface area (Å²) in [6.45, 7) is 9.05. The van der Waals surface area contributed by atoms with Gasteiger partial charge in [-0.15, -0.1) is 0 Å². The van der Waals surface area contributed by atoms with Crippen LogP contribution in [0.3, 0.4) is 0 Å². The molecule has 2 saturated carbocycles. The van der Waals surface area contributed by atoms with E-state index in [4.69, 9.17) is 8.83 Å². The molecular weight excluding hydrogens is 1070 g/mol. The molecule has 0 radical (unpaired) electrons. The summed E-state index contributed by atoms with van der Waals surface area (Å²) >= 11 is 0. The van der Waals surface area contributed by atoms with Gasteiger partial charge in [0.1, 0.15) is 11.2 Å². The van der Waals surface area contributed by atoms with Gasteiger partial charge in [0.25, 0.3) is 0 Å². The molecule has 0 amide bonds. The Morgan fingerprint density at radius 2 is 0.682 bits per heavy atom. The van der Waals surface area contributed by atoms with E-state index < -0.39 is 0 Å². The maximum absolute atomic E-state index is 7.48. The third-order valence-corrected chi connectivity index (χ3v) is 20.5. The van der Waals surface area contributed by atoms with Crippen LogP contribution in [0.2, 0.25) is 0 Å². The highest BCUT2D eigenvalue weighted by atomic mass is 16.3. The number of aryl methyl sites for hydroxylation is 4. The summed E-state index contributed by atoms with van der Waals surface area (Å²) in [4.78, 5) is 5.17. The van der Waals surface area contributed by atoms with Crippen molar-refractivity contribution in [2.24, 2.45) is 0 Å². The lowest BCUT2D eigenvalue weighted by Gasteiger charge is -2.33. The summed E-state index contributed by atoms with van der Waals surface area (Å²) in [6, 6.07) is 78.7. The van der Waals surface area contributed by atoms with Gasteiger partial charge >= 0.3 is 0 Å². The van der Waals surface area contributed by atoms with Crippen LogP contribution in [0.15, 0.2) is 215 Å². The van der Waals surface area contributed by atoms with Crippen molar-refractivity contribution in [1.29, 1.82) is 0 Å². The van der Waals surface area contributed by atoms with Gasteiger partial charge in [0.2, 0.25) is 0 Å². The van der Waals surface area contributed by atoms with Crippen molar-refractivity contribution in [3.8, 4) is 22.3 Å². The van der Waals surface area contributed by atoms with Gasteiger partial charge in [-0.3, -0.25) is 0 Å². The fourth-order valence-electron chi connectivity index (χ4n) is 16.1. The Bertz CT molecular complexity index is 4650. The van der Waals surface area contributed by atoms with E-state index in [1.165, 1.54) is 152 Å². The highest BCUT2D eigenvalue weighted by Gasteiger charge is 2.32. The molecule has 88 heavy (non-hydrogen) atoms. The maximum atomic E-state index is 7.48. The molecule has 434 valence electrons. The molecule has 2 fully saturated rings. The van der Waals surface area contributed by atoms with Gasteiger partial charge in [-0.25, -0.2) is 0 Å². The number of fused-ring (bicyclic) bond motifs is 6. The topological polar surface area (TPSA) is 32.8 Å². The van der Waals surface area contributed by atoms with Crippen LogP contribution in [0.4, 0.5) is 34.1 Å². The predicted molar refractivity (Wildman–Crippen MR) is 374 cm³/mol. The molecule has 0 spiro atoms. The third kappa shape index (κ3) is 8.91. The normalized spacial score (nSPS) is 14.5. The van der Waals surface area contributed by atoms with Crippen molar-refractivity contribution in [3.05, 3.63) is 240 Å². The summed E-state index contributed by atoms with van der Waals surface area (Å²) in [5.41, 5.74) is 23.4. The Balaban J connectivity index is 1.01. The molecule has 0 N–H and O–H groups in total. The van der Waals surface area contributed by atoms with Crippen LogP contribution in [-0.4, -0.2) is 0 Å². The first-order valence-corrected chi connectivity index (χ1v) is 33.1. The minimum atomic E-state index is 0.425. The minimum absolute atomic E-state index is 0.425. The molecule has 0 bridgehead atoms. The van der Waals surface area contributed by atoms with Crippen LogP contribution in [0.25, 0.3) is 98.4 Å². The number of benzene rings is 12. The third-order valence-electron chi connectivity index (χ3n) is 20.5. The molecule has 2 aromatic heterocycles. The lowest BCUT2D eigenvalue weighted by molar-refractivity contribution is 0.445. The van der Waals surface area contributed by atoms with Gasteiger partial charge in [0.05, 0.1) is 22.7 Å². The first kappa shape index (κ1) is 54.3. The number of anilines is 6. The molecule has 4 heteroatoms. The lowest BCUT2D eigenvalue weighted by atomic mass is 9.77. The van der Waals surface area contributed by atoms with E-state index in [9.17, 15) is 0 Å². The largest absolute Gasteiger partial charge is 0.453 e. The monoisotopic (exact) mass is 1140 g/mol. The summed E-state index contributed by atoms with van der Waals surface area (Å²) in [7, 11) is 0. The summed E-state index contributed by atoms with van der Waals surface area (Å²) in [5, 5.41) is 12.5. The molecule has 0 atom stereocenters. The first-order valence-electron chi connectivity index (χ1n) is 33.1. The number of nitrogens with zero attached hydrogens (tertiary/aromatic N) is 2. The lowest BCUT2D eigenvalue weighted by Crippen LogP contribution is -2.15. The molecule has 14 aromatic rings. The molecule has 0 unspecified atom stereocenters. The Kier molecular flexibility index (Phi) is 13.9. The zero-order valence-electron chi connectivity index (χ0n) is 51.4. The molecule has 2 aliphatic carbocycles. The van der Waals surface area contributed by atoms with Crippen LogP contribution in [0.1, 0.15) is 137 Å². The smallest absolute Gasteiger partial charge is 0.159 e. The minimum Gasteiger partial charge on any atom is -0.453 e. The SMILES string of the molecule is CCc1cccc(N(c2cc(C3CCCCC3)c3ccc4c(N(c5cccc(CC)c5)c5cccc6c5oc5c(-c7ccccc7CC)cccc56)cc(C5CCCCC5)c5ccc2c3c54)c2cccc3c2oc2c(-c4ccccc4CC)cccc23)c1. The van der Waals surface area contributed by atoms with Crippen molar-refractivity contribution < 1.29 is 8.83 Å². The average Bonchev–Trinajstić information content (AvgIpc) is 0.844. The van der Waals surface area contributed by atoms with Crippen molar-refractivity contribution in [2.45, 2.75) is 129 Å². The van der Waals surface area contributed by atoms with Gasteiger partial charge in [-0.1, -0.05) is 224 Å². The van der Waals surface area contributed by atoms with Crippen LogP contribution >= 0.6 is 0 Å². The van der Waals surface area contributed by atoms with E-state index in [-0.39, 0.29) is 0 Å². The Hall–Kier alpha value is -9.12. The number of hydrogen-bond acceptors (Lipinski definition) is 4. The Morgan fingerprint density at radius 1 is 0.307 bits per heavy atom. The average molecular weight is 1150 g/mol. The summed E-state index contributed by atoms with van der Waals surface area (Å²) in [6.07, 6.45) is 16.0. The maximum Gasteiger partial charge on any atom is 0.159 e. The first-order chi connectivity index (χ1) is 43.5. The highest BCUT2D eigenvalue weighted by Crippen LogP contribution is 2.55. The van der Waals surface area contributed by atoms with E-state index >= 15 is 0 Å². The van der Waals surface area contributed by atoms with E-state index in [0.717, 1.165) is 103 Å². The Labute approximate surface area is 517 Å². The molecule has 4 nitrogen and oxygen atoms in total. The van der Waals surface area contributed by atoms with Crippen LogP contribution < -0.4 is 9.80 Å². The zero-order chi connectivity index (χ0) is 59.0. The van der Waals surface area contributed by atoms with E-state index in [2.05, 4.69) is 244 Å². The second-order valence-corrected chi connectivity index (χ2v) is 25.3. The Morgan fingerprint density at radius 3 is 1.10 bits per heavy atom. The quantitative estimate of drug-likeness (QED) is 0.102. The van der Waals surface area contributed by atoms with Crippen molar-refractivity contribution in [3.63, 3.8) is 0 Å². The second kappa shape index (κ2) is 22.5. The summed E-state index contributed by atoms with van der Waals surface area (Å²) in [5.74, 6) is 0.851. The number of hydrogen-bond donors (Lipinski definition) is 0. The molecule has 16 rings (SSSR count). The van der Waals surface area contributed by atoms with Gasteiger partial charge < -0.3 is 18.6 Å². The van der Waals surface area contributed by atoms with Crippen molar-refractivity contribution in [2.75, 3.05) is 9.80 Å².